The minimum atomic E-state index is -4.42. The van der Waals surface area contributed by atoms with Gasteiger partial charge in [0, 0.05) is 10.7 Å². The summed E-state index contributed by atoms with van der Waals surface area (Å²) in [5.74, 6) is 0.115. The smallest absolute Gasteiger partial charge is 0.342 e. The summed E-state index contributed by atoms with van der Waals surface area (Å²) in [7, 11) is 0. The summed E-state index contributed by atoms with van der Waals surface area (Å²) in [6.07, 6.45) is -4.42. The molecule has 0 aliphatic carbocycles. The highest BCUT2D eigenvalue weighted by atomic mass is 35.5. The maximum atomic E-state index is 12.6. The normalized spacial score (nSPS) is 11.7. The summed E-state index contributed by atoms with van der Waals surface area (Å²) in [5.41, 5.74) is 0.752. The Kier molecular flexibility index (Phi) is 3.96. The summed E-state index contributed by atoms with van der Waals surface area (Å²) in [4.78, 5) is 19.6. The molecule has 2 aromatic carbocycles. The lowest BCUT2D eigenvalue weighted by atomic mass is 10.1. The quantitative estimate of drug-likeness (QED) is 0.695. The standard InChI is InChI=1S/C16H11ClF3N3O/c1-8-21-13-7-10(17)6-12(14(13)22-8)15(24)23-11-4-2-9(3-5-11)16(18,19)20/h2-7H,1H3,(H,21,22)(H,23,24). The SMILES string of the molecule is Cc1nc2c(C(=O)Nc3ccc(C(F)(F)F)cc3)cc(Cl)cc2[nH]1. The average Bonchev–Trinajstić information content (AvgIpc) is 2.85. The molecule has 0 saturated carbocycles. The number of halogens is 4. The van der Waals surface area contributed by atoms with Crippen molar-refractivity contribution in [1.82, 2.24) is 9.97 Å². The van der Waals surface area contributed by atoms with Gasteiger partial charge in [0.2, 0.25) is 0 Å². The van der Waals surface area contributed by atoms with Gasteiger partial charge >= 0.3 is 6.18 Å². The maximum Gasteiger partial charge on any atom is 0.416 e. The number of rotatable bonds is 2. The highest BCUT2D eigenvalue weighted by Crippen LogP contribution is 2.30. The summed E-state index contributed by atoms with van der Waals surface area (Å²) in [5, 5.41) is 2.90. The maximum absolute atomic E-state index is 12.6. The van der Waals surface area contributed by atoms with Gasteiger partial charge in [-0.15, -0.1) is 0 Å². The summed E-state index contributed by atoms with van der Waals surface area (Å²) in [6.45, 7) is 1.74. The summed E-state index contributed by atoms with van der Waals surface area (Å²) in [6, 6.07) is 7.30. The van der Waals surface area contributed by atoms with Crippen LogP contribution in [0.4, 0.5) is 18.9 Å². The first kappa shape index (κ1) is 16.3. The minimum Gasteiger partial charge on any atom is -0.342 e. The number of alkyl halides is 3. The number of imidazole rings is 1. The van der Waals surface area contributed by atoms with E-state index in [-0.39, 0.29) is 11.3 Å². The lowest BCUT2D eigenvalue weighted by molar-refractivity contribution is -0.137. The molecular weight excluding hydrogens is 343 g/mol. The van der Waals surface area contributed by atoms with Crippen LogP contribution in [0.2, 0.25) is 5.02 Å². The number of carbonyl (C=O) groups is 1. The van der Waals surface area contributed by atoms with Crippen molar-refractivity contribution in [3.8, 4) is 0 Å². The van der Waals surface area contributed by atoms with Crippen molar-refractivity contribution >= 4 is 34.2 Å². The molecule has 4 nitrogen and oxygen atoms in total. The Bertz CT molecular complexity index is 917. The summed E-state index contributed by atoms with van der Waals surface area (Å²) >= 11 is 6.00. The van der Waals surface area contributed by atoms with E-state index in [0.717, 1.165) is 12.1 Å². The molecule has 0 spiro atoms. The van der Waals surface area contributed by atoms with Gasteiger partial charge in [-0.3, -0.25) is 4.79 Å². The topological polar surface area (TPSA) is 57.8 Å². The fourth-order valence-corrected chi connectivity index (χ4v) is 2.54. The zero-order valence-corrected chi connectivity index (χ0v) is 13.1. The number of hydrogen-bond donors (Lipinski definition) is 2. The molecule has 0 aliphatic heterocycles. The van der Waals surface area contributed by atoms with Crippen molar-refractivity contribution in [2.45, 2.75) is 13.1 Å². The molecule has 0 atom stereocenters. The van der Waals surface area contributed by atoms with E-state index >= 15 is 0 Å². The van der Waals surface area contributed by atoms with Crippen LogP contribution in [0.25, 0.3) is 11.0 Å². The molecule has 0 radical (unpaired) electrons. The van der Waals surface area contributed by atoms with E-state index in [4.69, 9.17) is 11.6 Å². The van der Waals surface area contributed by atoms with Gasteiger partial charge in [0.25, 0.3) is 5.91 Å². The van der Waals surface area contributed by atoms with Crippen LogP contribution in [0, 0.1) is 6.92 Å². The molecule has 2 N–H and O–H groups in total. The molecule has 124 valence electrons. The number of amides is 1. The van der Waals surface area contributed by atoms with E-state index in [2.05, 4.69) is 15.3 Å². The van der Waals surface area contributed by atoms with Crippen LogP contribution in [-0.4, -0.2) is 15.9 Å². The number of anilines is 1. The molecule has 0 aliphatic rings. The first-order valence-corrected chi connectivity index (χ1v) is 7.26. The van der Waals surface area contributed by atoms with E-state index in [9.17, 15) is 18.0 Å². The number of H-pyrrole nitrogens is 1. The molecule has 0 saturated heterocycles. The van der Waals surface area contributed by atoms with Gasteiger partial charge in [-0.2, -0.15) is 13.2 Å². The van der Waals surface area contributed by atoms with E-state index in [1.54, 1.807) is 13.0 Å². The zero-order chi connectivity index (χ0) is 17.5. The van der Waals surface area contributed by atoms with E-state index in [1.165, 1.54) is 18.2 Å². The van der Waals surface area contributed by atoms with Crippen molar-refractivity contribution in [3.05, 3.63) is 58.4 Å². The van der Waals surface area contributed by atoms with Gasteiger partial charge in [-0.25, -0.2) is 4.98 Å². The number of aryl methyl sites for hydroxylation is 1. The Morgan fingerprint density at radius 2 is 1.88 bits per heavy atom. The third kappa shape index (κ3) is 3.21. The molecule has 3 aromatic rings. The number of aromatic amines is 1. The van der Waals surface area contributed by atoms with Crippen molar-refractivity contribution in [2.24, 2.45) is 0 Å². The number of nitrogens with one attached hydrogen (secondary N) is 2. The van der Waals surface area contributed by atoms with Crippen molar-refractivity contribution in [1.29, 1.82) is 0 Å². The first-order chi connectivity index (χ1) is 11.2. The average molecular weight is 354 g/mol. The molecule has 3 rings (SSSR count). The molecule has 0 unspecified atom stereocenters. The number of benzene rings is 2. The lowest BCUT2D eigenvalue weighted by Crippen LogP contribution is -2.13. The van der Waals surface area contributed by atoms with E-state index < -0.39 is 17.6 Å². The van der Waals surface area contributed by atoms with Gasteiger partial charge in [0.05, 0.1) is 16.6 Å². The van der Waals surface area contributed by atoms with Crippen LogP contribution >= 0.6 is 11.6 Å². The highest BCUT2D eigenvalue weighted by Gasteiger charge is 2.30. The molecule has 1 aromatic heterocycles. The third-order valence-corrected chi connectivity index (χ3v) is 3.60. The molecule has 0 fully saturated rings. The fraction of sp³-hybridized carbons (Fsp3) is 0.125. The molecule has 24 heavy (non-hydrogen) atoms. The molecular formula is C16H11ClF3N3O. The second-order valence-corrected chi connectivity index (χ2v) is 5.64. The Morgan fingerprint density at radius 1 is 1.21 bits per heavy atom. The van der Waals surface area contributed by atoms with Crippen LogP contribution in [0.3, 0.4) is 0 Å². The van der Waals surface area contributed by atoms with Crippen molar-refractivity contribution in [3.63, 3.8) is 0 Å². The Morgan fingerprint density at radius 3 is 2.50 bits per heavy atom. The number of hydrogen-bond acceptors (Lipinski definition) is 2. The second kappa shape index (κ2) is 5.83. The van der Waals surface area contributed by atoms with Gasteiger partial charge in [0.15, 0.2) is 0 Å². The fourth-order valence-electron chi connectivity index (χ4n) is 2.32. The molecule has 1 heterocycles. The van der Waals surface area contributed by atoms with E-state index in [1.807, 2.05) is 0 Å². The predicted octanol–water partition coefficient (Wildman–Crippen LogP) is 4.80. The zero-order valence-electron chi connectivity index (χ0n) is 12.3. The Balaban J connectivity index is 1.90. The van der Waals surface area contributed by atoms with Gasteiger partial charge in [-0.05, 0) is 43.3 Å². The minimum absolute atomic E-state index is 0.238. The monoisotopic (exact) mass is 353 g/mol. The molecule has 1 amide bonds. The number of carbonyl (C=O) groups excluding carboxylic acids is 1. The van der Waals surface area contributed by atoms with Crippen LogP contribution in [0.15, 0.2) is 36.4 Å². The van der Waals surface area contributed by atoms with Crippen LogP contribution in [0.5, 0.6) is 0 Å². The highest BCUT2D eigenvalue weighted by molar-refractivity contribution is 6.32. The van der Waals surface area contributed by atoms with Crippen LogP contribution in [0.1, 0.15) is 21.7 Å². The third-order valence-electron chi connectivity index (χ3n) is 3.38. The number of aromatic nitrogens is 2. The van der Waals surface area contributed by atoms with Gasteiger partial charge in [0.1, 0.15) is 11.3 Å². The summed E-state index contributed by atoms with van der Waals surface area (Å²) < 4.78 is 37.7. The van der Waals surface area contributed by atoms with Crippen LogP contribution < -0.4 is 5.32 Å². The van der Waals surface area contributed by atoms with Gasteiger partial charge in [-0.1, -0.05) is 11.6 Å². The van der Waals surface area contributed by atoms with Crippen molar-refractivity contribution in [2.75, 3.05) is 5.32 Å². The number of fused-ring (bicyclic) bond motifs is 1. The molecule has 0 bridgehead atoms. The van der Waals surface area contributed by atoms with Crippen molar-refractivity contribution < 1.29 is 18.0 Å². The molecule has 8 heteroatoms. The second-order valence-electron chi connectivity index (χ2n) is 5.20. The Labute approximate surface area is 139 Å². The number of nitrogens with zero attached hydrogens (tertiary/aromatic N) is 1. The largest absolute Gasteiger partial charge is 0.416 e. The Hall–Kier alpha value is -2.54. The lowest BCUT2D eigenvalue weighted by Gasteiger charge is -2.09. The van der Waals surface area contributed by atoms with E-state index in [0.29, 0.717) is 21.9 Å². The first-order valence-electron chi connectivity index (χ1n) is 6.88. The predicted molar refractivity (Wildman–Crippen MR) is 85.2 cm³/mol. The van der Waals surface area contributed by atoms with Gasteiger partial charge < -0.3 is 10.3 Å². The van der Waals surface area contributed by atoms with Crippen LogP contribution in [-0.2, 0) is 6.18 Å².